The zero-order valence-electron chi connectivity index (χ0n) is 14.8. The molecule has 2 rings (SSSR count). The van der Waals surface area contributed by atoms with Crippen molar-refractivity contribution in [3.8, 4) is 0 Å². The number of carbonyl (C=O) groups excluding carboxylic acids is 3. The topological polar surface area (TPSA) is 81.8 Å². The number of benzene rings is 1. The van der Waals surface area contributed by atoms with Crippen LogP contribution in [0.1, 0.15) is 19.8 Å². The summed E-state index contributed by atoms with van der Waals surface area (Å²) in [6.45, 7) is 6.08. The third kappa shape index (κ3) is 4.17. The molecule has 1 aliphatic rings. The smallest absolute Gasteiger partial charge is 0.330 e. The van der Waals surface area contributed by atoms with Gasteiger partial charge in [-0.05, 0) is 30.7 Å². The number of anilines is 2. The Kier molecular flexibility index (Phi) is 5.80. The van der Waals surface area contributed by atoms with E-state index < -0.39 is 23.8 Å². The highest BCUT2D eigenvalue weighted by molar-refractivity contribution is 6.17. The molecule has 4 amide bonds. The lowest BCUT2D eigenvalue weighted by Gasteiger charge is -2.31. The van der Waals surface area contributed by atoms with Gasteiger partial charge in [0.1, 0.15) is 0 Å². The Morgan fingerprint density at radius 2 is 1.88 bits per heavy atom. The summed E-state index contributed by atoms with van der Waals surface area (Å²) in [5.74, 6) is -2.31. The molecular formula is C18H24N4O3. The van der Waals surface area contributed by atoms with E-state index in [1.807, 2.05) is 50.2 Å². The van der Waals surface area contributed by atoms with Gasteiger partial charge in [-0.3, -0.25) is 19.8 Å². The van der Waals surface area contributed by atoms with Crippen molar-refractivity contribution in [2.45, 2.75) is 19.8 Å². The highest BCUT2D eigenvalue weighted by Gasteiger charge is 2.41. The van der Waals surface area contributed by atoms with Gasteiger partial charge in [0.05, 0.1) is 0 Å². The summed E-state index contributed by atoms with van der Waals surface area (Å²) in [6.07, 6.45) is 1.53. The van der Waals surface area contributed by atoms with Gasteiger partial charge in [0.2, 0.25) is 11.8 Å². The third-order valence-electron chi connectivity index (χ3n) is 4.02. The van der Waals surface area contributed by atoms with Crippen LogP contribution in [-0.2, 0) is 9.59 Å². The Labute approximate surface area is 147 Å². The molecular weight excluding hydrogens is 320 g/mol. The van der Waals surface area contributed by atoms with Crippen molar-refractivity contribution < 1.29 is 14.4 Å². The molecule has 0 radical (unpaired) electrons. The number of imide groups is 2. The van der Waals surface area contributed by atoms with Gasteiger partial charge in [0.15, 0.2) is 5.92 Å². The second-order valence-corrected chi connectivity index (χ2v) is 6.16. The maximum Gasteiger partial charge on any atom is 0.330 e. The van der Waals surface area contributed by atoms with Gasteiger partial charge in [0, 0.05) is 37.7 Å². The lowest BCUT2D eigenvalue weighted by Crippen LogP contribution is -2.58. The molecule has 25 heavy (non-hydrogen) atoms. The molecule has 0 spiro atoms. The van der Waals surface area contributed by atoms with Crippen molar-refractivity contribution >= 4 is 29.2 Å². The van der Waals surface area contributed by atoms with Gasteiger partial charge >= 0.3 is 6.03 Å². The fraction of sp³-hybridized carbons (Fsp3) is 0.389. The number of barbiturate groups is 1. The van der Waals surface area contributed by atoms with E-state index in [1.165, 1.54) is 0 Å². The first-order chi connectivity index (χ1) is 11.8. The molecule has 7 nitrogen and oxygen atoms in total. The summed E-state index contributed by atoms with van der Waals surface area (Å²) < 4.78 is 0. The van der Waals surface area contributed by atoms with E-state index in [2.05, 4.69) is 17.2 Å². The van der Waals surface area contributed by atoms with Gasteiger partial charge in [0.25, 0.3) is 0 Å². The third-order valence-corrected chi connectivity index (χ3v) is 4.02. The number of nitrogens with one attached hydrogen (secondary N) is 2. The molecule has 2 N–H and O–H groups in total. The summed E-state index contributed by atoms with van der Waals surface area (Å²) in [4.78, 5) is 39.6. The van der Waals surface area contributed by atoms with Crippen LogP contribution in [0.4, 0.5) is 16.2 Å². The van der Waals surface area contributed by atoms with E-state index in [4.69, 9.17) is 0 Å². The van der Waals surface area contributed by atoms with Crippen LogP contribution < -0.4 is 15.5 Å². The summed E-state index contributed by atoms with van der Waals surface area (Å²) in [7, 11) is 3.88. The second-order valence-electron chi connectivity index (χ2n) is 6.16. The van der Waals surface area contributed by atoms with Gasteiger partial charge in [-0.15, -0.1) is 0 Å². The maximum atomic E-state index is 12.6. The maximum absolute atomic E-state index is 12.6. The zero-order valence-corrected chi connectivity index (χ0v) is 14.8. The Hall–Kier alpha value is -2.83. The number of amides is 4. The van der Waals surface area contributed by atoms with E-state index in [1.54, 1.807) is 0 Å². The largest absolute Gasteiger partial charge is 0.378 e. The van der Waals surface area contributed by atoms with Crippen LogP contribution in [0.5, 0.6) is 0 Å². The lowest BCUT2D eigenvalue weighted by molar-refractivity contribution is -0.140. The Morgan fingerprint density at radius 3 is 2.44 bits per heavy atom. The number of nitrogens with zero attached hydrogens (tertiary/aromatic N) is 2. The summed E-state index contributed by atoms with van der Waals surface area (Å²) >= 11 is 0. The van der Waals surface area contributed by atoms with E-state index in [0.29, 0.717) is 12.1 Å². The van der Waals surface area contributed by atoms with Gasteiger partial charge in [-0.1, -0.05) is 19.9 Å². The predicted octanol–water partition coefficient (Wildman–Crippen LogP) is 2.17. The van der Waals surface area contributed by atoms with E-state index >= 15 is 0 Å². The second kappa shape index (κ2) is 7.83. The van der Waals surface area contributed by atoms with Crippen LogP contribution in [0.15, 0.2) is 36.5 Å². The lowest BCUT2D eigenvalue weighted by atomic mass is 10.0. The number of urea groups is 1. The molecule has 0 aliphatic carbocycles. The van der Waals surface area contributed by atoms with Crippen LogP contribution in [0.25, 0.3) is 0 Å². The van der Waals surface area contributed by atoms with Crippen molar-refractivity contribution in [1.82, 2.24) is 10.2 Å². The first-order valence-electron chi connectivity index (χ1n) is 8.24. The molecule has 1 fully saturated rings. The minimum absolute atomic E-state index is 0.245. The monoisotopic (exact) mass is 344 g/mol. The highest BCUT2D eigenvalue weighted by Crippen LogP contribution is 2.22. The first kappa shape index (κ1) is 18.5. The fourth-order valence-electron chi connectivity index (χ4n) is 2.55. The zero-order chi connectivity index (χ0) is 18.6. The van der Waals surface area contributed by atoms with Crippen LogP contribution in [0, 0.1) is 5.92 Å². The number of rotatable bonds is 7. The molecule has 1 aliphatic heterocycles. The van der Waals surface area contributed by atoms with Gasteiger partial charge < -0.3 is 10.2 Å². The molecule has 0 bridgehead atoms. The minimum atomic E-state index is -1.12. The molecule has 1 heterocycles. The molecule has 1 saturated heterocycles. The standard InChI is InChI=1S/C18H24N4O3/c1-5-6-11-22-17(24)15(16(23)20-18(22)25)12(2)19-13-7-9-14(10-8-13)21(3)4/h7-10,15,19H,2,5-6,11H2,1,3-4H3,(H,20,23,25)/t15-/m1/s1. The first-order valence-corrected chi connectivity index (χ1v) is 8.24. The Bertz CT molecular complexity index is 682. The molecule has 1 aromatic carbocycles. The average Bonchev–Trinajstić information content (AvgIpc) is 2.54. The highest BCUT2D eigenvalue weighted by atomic mass is 16.2. The van der Waals surface area contributed by atoms with E-state index in [-0.39, 0.29) is 12.2 Å². The van der Waals surface area contributed by atoms with Gasteiger partial charge in [-0.2, -0.15) is 0 Å². The van der Waals surface area contributed by atoms with Crippen LogP contribution in [0.3, 0.4) is 0 Å². The normalized spacial score (nSPS) is 17.3. The van der Waals surface area contributed by atoms with Crippen LogP contribution in [0.2, 0.25) is 0 Å². The SMILES string of the molecule is C=C(Nc1ccc(N(C)C)cc1)[C@@H]1C(=O)NC(=O)N(CCCC)C1=O. The van der Waals surface area contributed by atoms with Crippen molar-refractivity contribution in [2.75, 3.05) is 30.9 Å². The minimum Gasteiger partial charge on any atom is -0.378 e. The number of carbonyl (C=O) groups is 3. The van der Waals surface area contributed by atoms with Crippen LogP contribution >= 0.6 is 0 Å². The van der Waals surface area contributed by atoms with Crippen molar-refractivity contribution in [3.05, 3.63) is 36.5 Å². The average molecular weight is 344 g/mol. The van der Waals surface area contributed by atoms with Crippen molar-refractivity contribution in [2.24, 2.45) is 5.92 Å². The number of hydrogen-bond donors (Lipinski definition) is 2. The Balaban J connectivity index is 2.12. The molecule has 0 unspecified atom stereocenters. The number of hydrogen-bond acceptors (Lipinski definition) is 5. The molecule has 7 heteroatoms. The van der Waals surface area contributed by atoms with E-state index in [0.717, 1.165) is 17.0 Å². The molecule has 134 valence electrons. The summed E-state index contributed by atoms with van der Waals surface area (Å²) in [5.41, 5.74) is 1.99. The van der Waals surface area contributed by atoms with Crippen molar-refractivity contribution in [1.29, 1.82) is 0 Å². The molecule has 0 aromatic heterocycles. The molecule has 1 aromatic rings. The summed E-state index contributed by atoms with van der Waals surface area (Å²) in [5, 5.41) is 5.23. The number of unbranched alkanes of at least 4 members (excludes halogenated alkanes) is 1. The van der Waals surface area contributed by atoms with E-state index in [9.17, 15) is 14.4 Å². The fourth-order valence-corrected chi connectivity index (χ4v) is 2.55. The predicted molar refractivity (Wildman–Crippen MR) is 97.2 cm³/mol. The Morgan fingerprint density at radius 1 is 1.24 bits per heavy atom. The molecule has 1 atom stereocenters. The summed E-state index contributed by atoms with van der Waals surface area (Å²) in [6, 6.07) is 6.84. The van der Waals surface area contributed by atoms with Crippen molar-refractivity contribution in [3.63, 3.8) is 0 Å². The molecule has 0 saturated carbocycles. The van der Waals surface area contributed by atoms with Crippen LogP contribution in [-0.4, -0.2) is 43.4 Å². The quantitative estimate of drug-likeness (QED) is 0.741. The van der Waals surface area contributed by atoms with Gasteiger partial charge in [-0.25, -0.2) is 4.79 Å².